The highest BCUT2D eigenvalue weighted by Gasteiger charge is 2.04. The quantitative estimate of drug-likeness (QED) is 0.717. The summed E-state index contributed by atoms with van der Waals surface area (Å²) in [4.78, 5) is 15.7. The Balaban J connectivity index is 1.83. The number of nitrogens with zero attached hydrogens (tertiary/aromatic N) is 1. The van der Waals surface area contributed by atoms with Crippen LogP contribution in [0.2, 0.25) is 0 Å². The number of benzene rings is 1. The molecule has 0 aliphatic heterocycles. The van der Waals surface area contributed by atoms with Crippen LogP contribution in [-0.2, 0) is 4.79 Å². The minimum absolute atomic E-state index is 0.0725. The maximum Gasteiger partial charge on any atom is 0.263 e. The first-order valence-corrected chi connectivity index (χ1v) is 6.65. The minimum atomic E-state index is -0.256. The van der Waals surface area contributed by atoms with Gasteiger partial charge in [0, 0.05) is 31.0 Å². The number of ether oxygens (including phenoxy) is 1. The lowest BCUT2D eigenvalue weighted by molar-refractivity contribution is -0.118. The van der Waals surface area contributed by atoms with Gasteiger partial charge in [-0.15, -0.1) is 0 Å². The lowest BCUT2D eigenvalue weighted by Crippen LogP contribution is -2.20. The van der Waals surface area contributed by atoms with Gasteiger partial charge in [0.1, 0.15) is 11.6 Å². The fourth-order valence-corrected chi connectivity index (χ4v) is 1.68. The number of anilines is 2. The van der Waals surface area contributed by atoms with E-state index in [4.69, 9.17) is 10.5 Å². The predicted octanol–water partition coefficient (Wildman–Crippen LogP) is 1.47. The van der Waals surface area contributed by atoms with E-state index in [1.54, 1.807) is 30.5 Å². The van der Waals surface area contributed by atoms with Gasteiger partial charge in [0.2, 0.25) is 0 Å². The molecule has 4 N–H and O–H groups in total. The van der Waals surface area contributed by atoms with E-state index in [1.165, 1.54) is 0 Å². The lowest BCUT2D eigenvalue weighted by atomic mass is 10.3. The number of rotatable bonds is 7. The zero-order valence-electron chi connectivity index (χ0n) is 11.6. The Morgan fingerprint density at radius 2 is 2.14 bits per heavy atom. The van der Waals surface area contributed by atoms with Crippen molar-refractivity contribution in [2.75, 3.05) is 30.3 Å². The van der Waals surface area contributed by atoms with E-state index < -0.39 is 0 Å². The topological polar surface area (TPSA) is 89.3 Å². The molecule has 0 unspecified atom stereocenters. The van der Waals surface area contributed by atoms with Crippen LogP contribution >= 0.6 is 0 Å². The van der Waals surface area contributed by atoms with Crippen LogP contribution < -0.4 is 21.1 Å². The van der Waals surface area contributed by atoms with Gasteiger partial charge in [0.25, 0.3) is 5.91 Å². The van der Waals surface area contributed by atoms with Gasteiger partial charge in [0.05, 0.1) is 0 Å². The van der Waals surface area contributed by atoms with Crippen LogP contribution in [0.1, 0.15) is 0 Å². The maximum atomic E-state index is 11.7. The molecule has 0 bridgehead atoms. The molecule has 2 rings (SSSR count). The fraction of sp³-hybridized carbons (Fsp3) is 0.200. The zero-order valence-corrected chi connectivity index (χ0v) is 11.6. The first-order chi connectivity index (χ1) is 10.3. The number of carbonyl (C=O) groups is 1. The van der Waals surface area contributed by atoms with Crippen molar-refractivity contribution in [3.8, 4) is 5.75 Å². The van der Waals surface area contributed by atoms with E-state index in [0.717, 1.165) is 5.69 Å². The molecule has 0 saturated heterocycles. The summed E-state index contributed by atoms with van der Waals surface area (Å²) in [5.41, 5.74) is 6.34. The van der Waals surface area contributed by atoms with Crippen molar-refractivity contribution in [2.45, 2.75) is 0 Å². The molecule has 0 spiro atoms. The molecule has 1 heterocycles. The van der Waals surface area contributed by atoms with Crippen LogP contribution in [0.5, 0.6) is 5.75 Å². The Bertz CT molecular complexity index is 575. The molecule has 0 radical (unpaired) electrons. The summed E-state index contributed by atoms with van der Waals surface area (Å²) in [5, 5.41) is 5.80. The average molecular weight is 286 g/mol. The third-order valence-corrected chi connectivity index (χ3v) is 2.61. The van der Waals surface area contributed by atoms with Crippen LogP contribution in [-0.4, -0.2) is 30.6 Å². The number of pyridine rings is 1. The Labute approximate surface area is 123 Å². The summed E-state index contributed by atoms with van der Waals surface area (Å²) in [7, 11) is 0. The molecule has 0 saturated carbocycles. The maximum absolute atomic E-state index is 11.7. The third kappa shape index (κ3) is 5.12. The van der Waals surface area contributed by atoms with Crippen molar-refractivity contribution in [1.29, 1.82) is 0 Å². The van der Waals surface area contributed by atoms with Gasteiger partial charge in [-0.05, 0) is 24.3 Å². The van der Waals surface area contributed by atoms with E-state index in [-0.39, 0.29) is 12.5 Å². The van der Waals surface area contributed by atoms with E-state index in [2.05, 4.69) is 15.6 Å². The Kier molecular flexibility index (Phi) is 5.54. The molecular weight excluding hydrogens is 268 g/mol. The molecule has 6 heteroatoms. The highest BCUT2D eigenvalue weighted by Crippen LogP contribution is 2.17. The standard InChI is InChI=1S/C15H18N4O2/c16-7-9-17-12-4-3-5-13(10-12)21-11-15(20)19-14-6-1-2-8-18-14/h1-6,8,10,17H,7,9,11,16H2,(H,18,19,20). The van der Waals surface area contributed by atoms with Gasteiger partial charge >= 0.3 is 0 Å². The largest absolute Gasteiger partial charge is 0.484 e. The Hall–Kier alpha value is -2.60. The van der Waals surface area contributed by atoms with Crippen LogP contribution in [0, 0.1) is 0 Å². The summed E-state index contributed by atoms with van der Waals surface area (Å²) >= 11 is 0. The highest BCUT2D eigenvalue weighted by molar-refractivity contribution is 5.90. The molecule has 110 valence electrons. The predicted molar refractivity (Wildman–Crippen MR) is 82.3 cm³/mol. The molecule has 1 aromatic carbocycles. The molecule has 6 nitrogen and oxygen atoms in total. The second kappa shape index (κ2) is 7.86. The molecular formula is C15H18N4O2. The molecule has 0 aliphatic carbocycles. The average Bonchev–Trinajstić information content (AvgIpc) is 2.52. The van der Waals surface area contributed by atoms with Crippen molar-refractivity contribution in [1.82, 2.24) is 4.98 Å². The monoisotopic (exact) mass is 286 g/mol. The highest BCUT2D eigenvalue weighted by atomic mass is 16.5. The van der Waals surface area contributed by atoms with Crippen LogP contribution in [0.15, 0.2) is 48.7 Å². The summed E-state index contributed by atoms with van der Waals surface area (Å²) in [5.74, 6) is 0.867. The fourth-order valence-electron chi connectivity index (χ4n) is 1.68. The van der Waals surface area contributed by atoms with Gasteiger partial charge in [-0.1, -0.05) is 12.1 Å². The van der Waals surface area contributed by atoms with Gasteiger partial charge in [0.15, 0.2) is 6.61 Å². The summed E-state index contributed by atoms with van der Waals surface area (Å²) < 4.78 is 5.45. The molecule has 21 heavy (non-hydrogen) atoms. The first-order valence-electron chi connectivity index (χ1n) is 6.65. The number of hydrogen-bond acceptors (Lipinski definition) is 5. The van der Waals surface area contributed by atoms with Crippen LogP contribution in [0.25, 0.3) is 0 Å². The van der Waals surface area contributed by atoms with Gasteiger partial charge in [-0.25, -0.2) is 4.98 Å². The van der Waals surface area contributed by atoms with Crippen molar-refractivity contribution >= 4 is 17.4 Å². The normalized spacial score (nSPS) is 9.95. The number of carbonyl (C=O) groups excluding carboxylic acids is 1. The second-order valence-electron chi connectivity index (χ2n) is 4.30. The minimum Gasteiger partial charge on any atom is -0.484 e. The van der Waals surface area contributed by atoms with Crippen LogP contribution in [0.4, 0.5) is 11.5 Å². The summed E-state index contributed by atoms with van der Waals surface area (Å²) in [6, 6.07) is 12.7. The van der Waals surface area contributed by atoms with E-state index in [9.17, 15) is 4.79 Å². The van der Waals surface area contributed by atoms with Gasteiger partial charge < -0.3 is 21.1 Å². The van der Waals surface area contributed by atoms with E-state index in [0.29, 0.717) is 24.7 Å². The van der Waals surface area contributed by atoms with Crippen molar-refractivity contribution in [3.63, 3.8) is 0 Å². The molecule has 1 aromatic heterocycles. The third-order valence-electron chi connectivity index (χ3n) is 2.61. The summed E-state index contributed by atoms with van der Waals surface area (Å²) in [6.07, 6.45) is 1.61. The second-order valence-corrected chi connectivity index (χ2v) is 4.30. The molecule has 0 aliphatic rings. The smallest absolute Gasteiger partial charge is 0.263 e. The number of nitrogens with one attached hydrogen (secondary N) is 2. The van der Waals surface area contributed by atoms with E-state index in [1.807, 2.05) is 18.2 Å². The lowest BCUT2D eigenvalue weighted by Gasteiger charge is -2.09. The Morgan fingerprint density at radius 3 is 2.90 bits per heavy atom. The van der Waals surface area contributed by atoms with Crippen molar-refractivity contribution in [3.05, 3.63) is 48.7 Å². The van der Waals surface area contributed by atoms with Gasteiger partial charge in [-0.3, -0.25) is 4.79 Å². The zero-order chi connectivity index (χ0) is 14.9. The Morgan fingerprint density at radius 1 is 1.24 bits per heavy atom. The van der Waals surface area contributed by atoms with Crippen molar-refractivity contribution in [2.24, 2.45) is 5.73 Å². The molecule has 0 fully saturated rings. The van der Waals surface area contributed by atoms with Gasteiger partial charge in [-0.2, -0.15) is 0 Å². The first kappa shape index (κ1) is 14.8. The van der Waals surface area contributed by atoms with Crippen molar-refractivity contribution < 1.29 is 9.53 Å². The summed E-state index contributed by atoms with van der Waals surface area (Å²) in [6.45, 7) is 1.16. The molecule has 0 atom stereocenters. The molecule has 2 aromatic rings. The number of amides is 1. The molecule has 1 amide bonds. The number of hydrogen-bond donors (Lipinski definition) is 3. The SMILES string of the molecule is NCCNc1cccc(OCC(=O)Nc2ccccn2)c1. The number of nitrogens with two attached hydrogens (primary N) is 1. The van der Waals surface area contributed by atoms with Crippen LogP contribution in [0.3, 0.4) is 0 Å². The number of aromatic nitrogens is 1. The van der Waals surface area contributed by atoms with E-state index >= 15 is 0 Å².